The van der Waals surface area contributed by atoms with Crippen molar-refractivity contribution < 1.29 is 21.6 Å². The molecule has 2 aromatic carbocycles. The van der Waals surface area contributed by atoms with Gasteiger partial charge in [-0.15, -0.1) is 4.99 Å². The molecule has 170 valence electrons. The van der Waals surface area contributed by atoms with E-state index in [1.165, 1.54) is 30.3 Å². The average Bonchev–Trinajstić information content (AvgIpc) is 3.42. The Bertz CT molecular complexity index is 1200. The smallest absolute Gasteiger partial charge is 0.334 e. The average molecular weight is 503 g/mol. The fourth-order valence-corrected chi connectivity index (χ4v) is 5.11. The van der Waals surface area contributed by atoms with E-state index in [0.29, 0.717) is 0 Å². The van der Waals surface area contributed by atoms with Gasteiger partial charge in [-0.05, 0) is 55.9 Å². The van der Waals surface area contributed by atoms with Crippen LogP contribution in [0.25, 0.3) is 11.1 Å². The first kappa shape index (κ1) is 24.4. The number of nitriles is 1. The van der Waals surface area contributed by atoms with E-state index in [0.717, 1.165) is 30.7 Å². The summed E-state index contributed by atoms with van der Waals surface area (Å²) >= 11 is 7.27. The summed E-state index contributed by atoms with van der Waals surface area (Å²) in [6.45, 7) is 1.79. The van der Waals surface area contributed by atoms with Crippen LogP contribution >= 0.6 is 23.4 Å². The zero-order chi connectivity index (χ0) is 23.7. The van der Waals surface area contributed by atoms with Crippen molar-refractivity contribution in [3.63, 3.8) is 0 Å². The first-order valence-corrected chi connectivity index (χ1v) is 12.3. The number of anilines is 1. The highest BCUT2D eigenvalue weighted by Crippen LogP contribution is 2.43. The lowest BCUT2D eigenvalue weighted by molar-refractivity contribution is -0.137. The zero-order valence-electron chi connectivity index (χ0n) is 16.9. The number of halogens is 4. The summed E-state index contributed by atoms with van der Waals surface area (Å²) in [5.74, 6) is 0. The number of aliphatic imine (C=N–C) groups is 1. The van der Waals surface area contributed by atoms with Gasteiger partial charge in [-0.25, -0.2) is 13.1 Å². The van der Waals surface area contributed by atoms with Gasteiger partial charge in [0.2, 0.25) is 16.2 Å². The molecule has 6 nitrogen and oxygen atoms in total. The maximum Gasteiger partial charge on any atom is 0.417 e. The second kappa shape index (κ2) is 8.94. The zero-order valence-corrected chi connectivity index (χ0v) is 19.3. The number of benzene rings is 2. The molecule has 0 heterocycles. The predicted octanol–water partition coefficient (Wildman–Crippen LogP) is 5.47. The molecule has 1 fully saturated rings. The standard InChI is InChI=1S/C20H18ClF3N4O2S2/c1-19(7-8-19)28-32(29,30)14-5-3-12(4-6-14)17-15(20(22,23)24)9-13(10-16(17)21)27-18(31-2)26-11-25/h3-6,9-10,28H,7-8H2,1-2H3,(H,26,27). The molecule has 2 N–H and O–H groups in total. The summed E-state index contributed by atoms with van der Waals surface area (Å²) in [7, 11) is -3.79. The summed E-state index contributed by atoms with van der Waals surface area (Å²) in [5.41, 5.74) is -1.64. The van der Waals surface area contributed by atoms with Crippen LogP contribution in [-0.4, -0.2) is 25.4 Å². The Morgan fingerprint density at radius 1 is 1.25 bits per heavy atom. The third-order valence-corrected chi connectivity index (χ3v) is 7.36. The lowest BCUT2D eigenvalue weighted by Gasteiger charge is -2.18. The molecule has 0 aromatic heterocycles. The van der Waals surface area contributed by atoms with E-state index in [4.69, 9.17) is 16.9 Å². The Kier molecular flexibility index (Phi) is 6.81. The van der Waals surface area contributed by atoms with Gasteiger partial charge in [0.25, 0.3) is 0 Å². The molecule has 0 atom stereocenters. The van der Waals surface area contributed by atoms with Crippen LogP contribution in [0.4, 0.5) is 18.9 Å². The minimum absolute atomic E-state index is 0.00972. The fraction of sp³-hybridized carbons (Fsp3) is 0.300. The molecule has 2 aromatic rings. The quantitative estimate of drug-likeness (QED) is 0.321. The van der Waals surface area contributed by atoms with Crippen LogP contribution in [0.5, 0.6) is 0 Å². The van der Waals surface area contributed by atoms with E-state index in [1.807, 2.05) is 0 Å². The van der Waals surface area contributed by atoms with Crippen LogP contribution in [0.15, 0.2) is 46.3 Å². The third kappa shape index (κ3) is 5.56. The highest BCUT2D eigenvalue weighted by Gasteiger charge is 2.41. The first-order valence-electron chi connectivity index (χ1n) is 9.21. The number of hydrogen-bond acceptors (Lipinski definition) is 5. The molecule has 0 spiro atoms. The normalized spacial score (nSPS) is 15.8. The molecular formula is C20H18ClF3N4O2S2. The molecule has 0 unspecified atom stereocenters. The summed E-state index contributed by atoms with van der Waals surface area (Å²) in [6.07, 6.45) is -0.108. The summed E-state index contributed by atoms with van der Waals surface area (Å²) in [6, 6.07) is 7.23. The number of nitrogens with zero attached hydrogens (tertiary/aromatic N) is 2. The van der Waals surface area contributed by atoms with Crippen LogP contribution in [0, 0.1) is 11.5 Å². The van der Waals surface area contributed by atoms with Gasteiger partial charge >= 0.3 is 6.18 Å². The van der Waals surface area contributed by atoms with Crippen molar-refractivity contribution in [2.75, 3.05) is 11.6 Å². The SMILES string of the molecule is CS/C(=N\C#N)Nc1cc(Cl)c(-c2ccc(S(=O)(=O)NC3(C)CC3)cc2)c(C(F)(F)F)c1. The van der Waals surface area contributed by atoms with Gasteiger partial charge < -0.3 is 5.32 Å². The lowest BCUT2D eigenvalue weighted by atomic mass is 9.98. The summed E-state index contributed by atoms with van der Waals surface area (Å²) in [4.78, 5) is 3.44. The van der Waals surface area contributed by atoms with Gasteiger partial charge in [0.05, 0.1) is 15.5 Å². The van der Waals surface area contributed by atoms with Gasteiger partial charge in [-0.2, -0.15) is 18.4 Å². The molecule has 1 saturated carbocycles. The van der Waals surface area contributed by atoms with Crippen molar-refractivity contribution in [1.82, 2.24) is 4.72 Å². The Hall–Kier alpha value is -2.26. The van der Waals surface area contributed by atoms with Crippen molar-refractivity contribution >= 4 is 44.2 Å². The Labute approximate surface area is 192 Å². The van der Waals surface area contributed by atoms with Crippen LogP contribution in [0.2, 0.25) is 5.02 Å². The predicted molar refractivity (Wildman–Crippen MR) is 120 cm³/mol. The van der Waals surface area contributed by atoms with Crippen LogP contribution in [-0.2, 0) is 16.2 Å². The molecule has 1 aliphatic carbocycles. The van der Waals surface area contributed by atoms with Gasteiger partial charge in [0.1, 0.15) is 0 Å². The third-order valence-electron chi connectivity index (χ3n) is 4.83. The number of hydrogen-bond donors (Lipinski definition) is 2. The Balaban J connectivity index is 2.01. The molecule has 0 saturated heterocycles. The molecule has 0 radical (unpaired) electrons. The van der Waals surface area contributed by atoms with Crippen molar-refractivity contribution in [1.29, 1.82) is 5.26 Å². The minimum atomic E-state index is -4.74. The molecule has 3 rings (SSSR count). The number of nitrogens with one attached hydrogen (secondary N) is 2. The van der Waals surface area contributed by atoms with E-state index in [2.05, 4.69) is 15.0 Å². The largest absolute Gasteiger partial charge is 0.417 e. The van der Waals surface area contributed by atoms with Gasteiger partial charge in [0.15, 0.2) is 5.17 Å². The second-order valence-corrected chi connectivity index (χ2v) is 10.3. The lowest BCUT2D eigenvalue weighted by Crippen LogP contribution is -2.34. The minimum Gasteiger partial charge on any atom is -0.334 e. The maximum atomic E-state index is 13.8. The van der Waals surface area contributed by atoms with E-state index in [9.17, 15) is 21.6 Å². The summed E-state index contributed by atoms with van der Waals surface area (Å²) < 4.78 is 69.1. The highest BCUT2D eigenvalue weighted by molar-refractivity contribution is 8.13. The van der Waals surface area contributed by atoms with Crippen molar-refractivity contribution in [3.8, 4) is 17.3 Å². The molecule has 0 bridgehead atoms. The Morgan fingerprint density at radius 2 is 1.88 bits per heavy atom. The van der Waals surface area contributed by atoms with E-state index >= 15 is 0 Å². The van der Waals surface area contributed by atoms with Crippen molar-refractivity contribution in [2.24, 2.45) is 4.99 Å². The Morgan fingerprint density at radius 3 is 2.38 bits per heavy atom. The second-order valence-electron chi connectivity index (χ2n) is 7.42. The molecule has 32 heavy (non-hydrogen) atoms. The van der Waals surface area contributed by atoms with Crippen molar-refractivity contribution in [2.45, 2.75) is 36.4 Å². The molecule has 0 aliphatic heterocycles. The highest BCUT2D eigenvalue weighted by atomic mass is 35.5. The number of rotatable bonds is 5. The number of thioether (sulfide) groups is 1. The van der Waals surface area contributed by atoms with Gasteiger partial charge in [0, 0.05) is 16.8 Å². The maximum absolute atomic E-state index is 13.8. The number of alkyl halides is 3. The fourth-order valence-electron chi connectivity index (χ4n) is 2.96. The number of sulfonamides is 1. The molecule has 0 amide bonds. The van der Waals surface area contributed by atoms with Gasteiger partial charge in [-0.1, -0.05) is 35.5 Å². The van der Waals surface area contributed by atoms with E-state index in [1.54, 1.807) is 19.4 Å². The van der Waals surface area contributed by atoms with Crippen LogP contribution < -0.4 is 10.0 Å². The molecule has 12 heteroatoms. The van der Waals surface area contributed by atoms with Gasteiger partial charge in [-0.3, -0.25) is 0 Å². The number of amidine groups is 1. The van der Waals surface area contributed by atoms with Crippen molar-refractivity contribution in [3.05, 3.63) is 47.0 Å². The molecular weight excluding hydrogens is 485 g/mol. The first-order chi connectivity index (χ1) is 14.9. The topological polar surface area (TPSA) is 94.3 Å². The van der Waals surface area contributed by atoms with E-state index in [-0.39, 0.29) is 31.9 Å². The monoisotopic (exact) mass is 502 g/mol. The van der Waals surface area contributed by atoms with E-state index < -0.39 is 27.3 Å². The van der Waals surface area contributed by atoms with Crippen LogP contribution in [0.1, 0.15) is 25.3 Å². The summed E-state index contributed by atoms with van der Waals surface area (Å²) in [5, 5.41) is 11.2. The molecule has 1 aliphatic rings. The van der Waals surface area contributed by atoms with Crippen LogP contribution in [0.3, 0.4) is 0 Å².